The molecule has 2 aromatic carbocycles. The van der Waals surface area contributed by atoms with Gasteiger partial charge in [0.2, 0.25) is 4.91 Å². The minimum absolute atomic E-state index is 0.0339. The maximum absolute atomic E-state index is 12.9. The third-order valence-corrected chi connectivity index (χ3v) is 6.32. The van der Waals surface area contributed by atoms with Crippen molar-refractivity contribution in [2.45, 2.75) is 32.7 Å². The number of fused-ring (bicyclic) bond motifs is 1. The Balaban J connectivity index is 2.08. The molecule has 1 aliphatic heterocycles. The molecule has 0 saturated carbocycles. The summed E-state index contributed by atoms with van der Waals surface area (Å²) in [5.74, 6) is -2.42. The summed E-state index contributed by atoms with van der Waals surface area (Å²) in [5.41, 5.74) is 2.22. The van der Waals surface area contributed by atoms with E-state index in [2.05, 4.69) is 20.8 Å². The molecule has 1 heterocycles. The Kier molecular flexibility index (Phi) is 4.51. The van der Waals surface area contributed by atoms with E-state index in [1.54, 1.807) is 18.2 Å². The molecular weight excluding hydrogens is 366 g/mol. The van der Waals surface area contributed by atoms with Gasteiger partial charge in [-0.15, -0.1) is 0 Å². The van der Waals surface area contributed by atoms with Crippen LogP contribution in [0.25, 0.3) is 5.76 Å². The van der Waals surface area contributed by atoms with Gasteiger partial charge in [0, 0.05) is 5.56 Å². The van der Waals surface area contributed by atoms with Gasteiger partial charge in [-0.1, -0.05) is 57.2 Å². The number of hydrogen-bond donors (Lipinski definition) is 2. The summed E-state index contributed by atoms with van der Waals surface area (Å²) in [6.07, 6.45) is 0. The molecule has 142 valence electrons. The Morgan fingerprint density at radius 3 is 2.19 bits per heavy atom. The molecule has 0 amide bonds. The highest BCUT2D eigenvalue weighted by Gasteiger charge is 2.41. The highest BCUT2D eigenvalue weighted by atomic mass is 32.2. The molecule has 0 spiro atoms. The second-order valence-corrected chi connectivity index (χ2v) is 9.26. The van der Waals surface area contributed by atoms with Crippen LogP contribution in [0.1, 0.15) is 37.5 Å². The molecule has 2 N–H and O–H groups in total. The van der Waals surface area contributed by atoms with Crippen molar-refractivity contribution in [2.75, 3.05) is 4.31 Å². The van der Waals surface area contributed by atoms with E-state index in [1.807, 2.05) is 24.3 Å². The van der Waals surface area contributed by atoms with E-state index in [1.165, 1.54) is 6.07 Å². The van der Waals surface area contributed by atoms with Gasteiger partial charge in [-0.25, -0.2) is 13.2 Å². The predicted molar refractivity (Wildman–Crippen MR) is 104 cm³/mol. The zero-order valence-electron chi connectivity index (χ0n) is 15.3. The number of para-hydroxylation sites is 1. The Hall–Kier alpha value is -2.80. The number of carboxylic acid groups (broad SMARTS) is 1. The summed E-state index contributed by atoms with van der Waals surface area (Å²) in [7, 11) is -4.40. The van der Waals surface area contributed by atoms with Crippen molar-refractivity contribution in [3.8, 4) is 0 Å². The molecule has 27 heavy (non-hydrogen) atoms. The first-order valence-electron chi connectivity index (χ1n) is 8.41. The number of sulfonamides is 1. The fourth-order valence-corrected chi connectivity index (χ4v) is 4.57. The van der Waals surface area contributed by atoms with Crippen LogP contribution in [0.5, 0.6) is 0 Å². The first kappa shape index (κ1) is 19.0. The number of rotatable bonds is 3. The number of aliphatic hydroxyl groups is 1. The average molecular weight is 387 g/mol. The first-order valence-corrected chi connectivity index (χ1v) is 9.85. The number of nitrogens with zero attached hydrogens (tertiary/aromatic N) is 1. The zero-order valence-corrected chi connectivity index (χ0v) is 16.1. The third-order valence-electron chi connectivity index (χ3n) is 4.53. The van der Waals surface area contributed by atoms with E-state index in [-0.39, 0.29) is 23.2 Å². The Bertz CT molecular complexity index is 1030. The second kappa shape index (κ2) is 6.42. The highest BCUT2D eigenvalue weighted by Crippen LogP contribution is 2.39. The Labute approximate surface area is 158 Å². The molecule has 0 atom stereocenters. The molecule has 0 aromatic heterocycles. The molecule has 0 bridgehead atoms. The molecular formula is C20H21NO5S. The van der Waals surface area contributed by atoms with Crippen LogP contribution in [-0.2, 0) is 26.8 Å². The highest BCUT2D eigenvalue weighted by molar-refractivity contribution is 7.97. The molecule has 6 nitrogen and oxygen atoms in total. The molecule has 0 aliphatic carbocycles. The zero-order chi connectivity index (χ0) is 20.0. The van der Waals surface area contributed by atoms with Crippen molar-refractivity contribution in [3.63, 3.8) is 0 Å². The van der Waals surface area contributed by atoms with Gasteiger partial charge in [0.25, 0.3) is 10.0 Å². The summed E-state index contributed by atoms with van der Waals surface area (Å²) in [6, 6.07) is 13.8. The van der Waals surface area contributed by atoms with Crippen molar-refractivity contribution in [1.82, 2.24) is 0 Å². The molecule has 7 heteroatoms. The van der Waals surface area contributed by atoms with Gasteiger partial charge in [0.05, 0.1) is 12.2 Å². The maximum atomic E-state index is 12.9. The smallest absolute Gasteiger partial charge is 0.353 e. The lowest BCUT2D eigenvalue weighted by atomic mass is 9.87. The number of benzene rings is 2. The quantitative estimate of drug-likeness (QED) is 0.838. The molecule has 1 aliphatic rings. The number of aliphatic hydroxyl groups excluding tert-OH is 1. The van der Waals surface area contributed by atoms with Crippen LogP contribution in [0.3, 0.4) is 0 Å². The number of aliphatic carboxylic acids is 1. The van der Waals surface area contributed by atoms with Crippen LogP contribution in [0.4, 0.5) is 5.69 Å². The van der Waals surface area contributed by atoms with Crippen LogP contribution < -0.4 is 4.31 Å². The fraction of sp³-hybridized carbons (Fsp3) is 0.250. The number of carboxylic acids is 1. The van der Waals surface area contributed by atoms with Gasteiger partial charge in [-0.3, -0.25) is 4.31 Å². The van der Waals surface area contributed by atoms with Crippen molar-refractivity contribution in [2.24, 2.45) is 0 Å². The summed E-state index contributed by atoms with van der Waals surface area (Å²) in [4.78, 5) is 10.5. The molecule has 0 radical (unpaired) electrons. The van der Waals surface area contributed by atoms with Crippen molar-refractivity contribution < 1.29 is 23.4 Å². The van der Waals surface area contributed by atoms with Crippen molar-refractivity contribution >= 4 is 27.4 Å². The van der Waals surface area contributed by atoms with E-state index < -0.39 is 26.7 Å². The average Bonchev–Trinajstić information content (AvgIpc) is 2.57. The van der Waals surface area contributed by atoms with Crippen LogP contribution in [0.15, 0.2) is 53.4 Å². The molecule has 0 saturated heterocycles. The van der Waals surface area contributed by atoms with Gasteiger partial charge in [0.1, 0.15) is 0 Å². The molecule has 0 unspecified atom stereocenters. The minimum atomic E-state index is -4.40. The Morgan fingerprint density at radius 1 is 1.04 bits per heavy atom. The van der Waals surface area contributed by atoms with Crippen LogP contribution in [0, 0.1) is 0 Å². The summed E-state index contributed by atoms with van der Waals surface area (Å²) >= 11 is 0. The first-order chi connectivity index (χ1) is 12.5. The molecule has 3 rings (SSSR count). The molecule has 0 fully saturated rings. The monoisotopic (exact) mass is 387 g/mol. The van der Waals surface area contributed by atoms with E-state index in [4.69, 9.17) is 0 Å². The third kappa shape index (κ3) is 3.30. The van der Waals surface area contributed by atoms with Crippen molar-refractivity contribution in [3.05, 3.63) is 70.1 Å². The van der Waals surface area contributed by atoms with Crippen LogP contribution in [0.2, 0.25) is 0 Å². The van der Waals surface area contributed by atoms with E-state index in [0.29, 0.717) is 5.56 Å². The lowest BCUT2D eigenvalue weighted by molar-refractivity contribution is -0.131. The number of carbonyl (C=O) groups is 1. The standard InChI is InChI=1S/C20H21NO5S/c1-20(2,3)14-10-8-13(9-11-14)12-21-16-7-5-4-6-15(16)17(22)18(19(23)24)27(21,25)26/h4-11,22H,12H2,1-3H3,(H,23,24). The summed E-state index contributed by atoms with van der Waals surface area (Å²) < 4.78 is 26.8. The molecule has 2 aromatic rings. The van der Waals surface area contributed by atoms with Crippen LogP contribution >= 0.6 is 0 Å². The van der Waals surface area contributed by atoms with E-state index in [0.717, 1.165) is 9.87 Å². The Morgan fingerprint density at radius 2 is 1.63 bits per heavy atom. The van der Waals surface area contributed by atoms with E-state index in [9.17, 15) is 23.4 Å². The largest absolute Gasteiger partial charge is 0.506 e. The summed E-state index contributed by atoms with van der Waals surface area (Å²) in [6.45, 7) is 6.22. The van der Waals surface area contributed by atoms with Crippen molar-refractivity contribution in [1.29, 1.82) is 0 Å². The van der Waals surface area contributed by atoms with E-state index >= 15 is 0 Å². The number of anilines is 1. The summed E-state index contributed by atoms with van der Waals surface area (Å²) in [5, 5.41) is 19.6. The SMILES string of the molecule is CC(C)(C)c1ccc(CN2c3ccccc3C(O)=C(C(=O)O)S2(=O)=O)cc1. The maximum Gasteiger partial charge on any atom is 0.353 e. The van der Waals surface area contributed by atoms with Gasteiger partial charge in [-0.2, -0.15) is 0 Å². The lowest BCUT2D eigenvalue weighted by Gasteiger charge is -2.30. The normalized spacial score (nSPS) is 16.2. The van der Waals surface area contributed by atoms with Gasteiger partial charge in [-0.05, 0) is 28.7 Å². The second-order valence-electron chi connectivity index (χ2n) is 7.46. The van der Waals surface area contributed by atoms with Gasteiger partial charge in [0.15, 0.2) is 5.76 Å². The van der Waals surface area contributed by atoms with Gasteiger partial charge >= 0.3 is 5.97 Å². The topological polar surface area (TPSA) is 94.9 Å². The number of hydrogen-bond acceptors (Lipinski definition) is 4. The lowest BCUT2D eigenvalue weighted by Crippen LogP contribution is -2.37. The fourth-order valence-electron chi connectivity index (χ4n) is 3.03. The predicted octanol–water partition coefficient (Wildman–Crippen LogP) is 3.65. The minimum Gasteiger partial charge on any atom is -0.506 e. The van der Waals surface area contributed by atoms with Gasteiger partial charge < -0.3 is 10.2 Å². The van der Waals surface area contributed by atoms with Crippen LogP contribution in [-0.4, -0.2) is 24.6 Å².